The van der Waals surface area contributed by atoms with Crippen LogP contribution >= 0.6 is 11.6 Å². The Morgan fingerprint density at radius 2 is 1.86 bits per heavy atom. The predicted molar refractivity (Wildman–Crippen MR) is 101 cm³/mol. The van der Waals surface area contributed by atoms with Gasteiger partial charge in [0.25, 0.3) is 5.91 Å². The fourth-order valence-corrected chi connectivity index (χ4v) is 2.44. The zero-order valence-electron chi connectivity index (χ0n) is 14.8. The summed E-state index contributed by atoms with van der Waals surface area (Å²) in [6.45, 7) is -0.00389. The molecule has 0 aliphatic rings. The third-order valence-corrected chi connectivity index (χ3v) is 3.66. The Balaban J connectivity index is 2.22. The van der Waals surface area contributed by atoms with Crippen molar-refractivity contribution >= 4 is 34.9 Å². The first kappa shape index (κ1) is 22.3. The Morgan fingerprint density at radius 3 is 2.52 bits per heavy atom. The highest BCUT2D eigenvalue weighted by molar-refractivity contribution is 6.30. The maximum Gasteiger partial charge on any atom is 0.573 e. The molecular formula is C18H17ClF3N3O4. The van der Waals surface area contributed by atoms with Gasteiger partial charge in [0, 0.05) is 29.9 Å². The predicted octanol–water partition coefficient (Wildman–Crippen LogP) is 3.99. The Bertz CT molecular complexity index is 878. The summed E-state index contributed by atoms with van der Waals surface area (Å²) >= 11 is 5.83. The number of benzene rings is 2. The molecule has 0 atom stereocenters. The van der Waals surface area contributed by atoms with Crippen LogP contribution in [-0.4, -0.2) is 36.6 Å². The van der Waals surface area contributed by atoms with Gasteiger partial charge < -0.3 is 25.8 Å². The van der Waals surface area contributed by atoms with Crippen molar-refractivity contribution in [2.24, 2.45) is 0 Å². The van der Waals surface area contributed by atoms with Crippen molar-refractivity contribution in [3.63, 3.8) is 0 Å². The van der Waals surface area contributed by atoms with Gasteiger partial charge in [-0.15, -0.1) is 13.2 Å². The van der Waals surface area contributed by atoms with Crippen molar-refractivity contribution in [2.75, 3.05) is 23.8 Å². The summed E-state index contributed by atoms with van der Waals surface area (Å²) < 4.78 is 41.3. The number of anilines is 2. The molecule has 3 amide bonds. The standard InChI is InChI=1S/C18H17ClF3N3O4/c19-11-3-1-4-12(9-11)24-17(28)25-15-10-13(29-18(20,21)22)5-6-14(15)16(27)23-7-2-8-26/h1,3-6,9-10,26H,2,7-8H2,(H,23,27)(H2,24,25,28). The first-order valence-corrected chi connectivity index (χ1v) is 8.68. The first-order valence-electron chi connectivity index (χ1n) is 8.30. The molecule has 2 aromatic carbocycles. The third-order valence-electron chi connectivity index (χ3n) is 3.42. The van der Waals surface area contributed by atoms with Crippen molar-refractivity contribution in [1.82, 2.24) is 5.32 Å². The average Bonchev–Trinajstić information content (AvgIpc) is 2.60. The number of halogens is 4. The fraction of sp³-hybridized carbons (Fsp3) is 0.222. The minimum Gasteiger partial charge on any atom is -0.406 e. The molecule has 2 aromatic rings. The largest absolute Gasteiger partial charge is 0.573 e. The molecule has 0 saturated heterocycles. The van der Waals surface area contributed by atoms with Crippen molar-refractivity contribution < 1.29 is 32.6 Å². The van der Waals surface area contributed by atoms with Crippen LogP contribution in [-0.2, 0) is 0 Å². The molecule has 0 heterocycles. The van der Waals surface area contributed by atoms with Crippen LogP contribution in [0.5, 0.6) is 5.75 Å². The van der Waals surface area contributed by atoms with E-state index < -0.39 is 24.1 Å². The molecule has 29 heavy (non-hydrogen) atoms. The van der Waals surface area contributed by atoms with Gasteiger partial charge in [-0.05, 0) is 36.8 Å². The number of urea groups is 1. The van der Waals surface area contributed by atoms with Gasteiger partial charge in [0.2, 0.25) is 0 Å². The Labute approximate surface area is 168 Å². The van der Waals surface area contributed by atoms with Gasteiger partial charge in [-0.3, -0.25) is 4.79 Å². The van der Waals surface area contributed by atoms with Crippen LogP contribution in [0, 0.1) is 0 Å². The highest BCUT2D eigenvalue weighted by atomic mass is 35.5. The molecule has 0 aliphatic carbocycles. The SMILES string of the molecule is O=C(Nc1cccc(Cl)c1)Nc1cc(OC(F)(F)F)ccc1C(=O)NCCCO. The normalized spacial score (nSPS) is 10.9. The van der Waals surface area contributed by atoms with Gasteiger partial charge in [-0.2, -0.15) is 0 Å². The molecule has 7 nitrogen and oxygen atoms in total. The minimum atomic E-state index is -4.94. The zero-order valence-corrected chi connectivity index (χ0v) is 15.6. The molecule has 0 fully saturated rings. The van der Waals surface area contributed by atoms with E-state index in [9.17, 15) is 22.8 Å². The molecule has 4 N–H and O–H groups in total. The highest BCUT2D eigenvalue weighted by Gasteiger charge is 2.31. The quantitative estimate of drug-likeness (QED) is 0.498. The van der Waals surface area contributed by atoms with Crippen LogP contribution in [0.3, 0.4) is 0 Å². The van der Waals surface area contributed by atoms with Crippen molar-refractivity contribution in [3.05, 3.63) is 53.1 Å². The second kappa shape index (κ2) is 9.99. The molecule has 2 rings (SSSR count). The van der Waals surface area contributed by atoms with Gasteiger partial charge in [-0.25, -0.2) is 4.79 Å². The van der Waals surface area contributed by atoms with Gasteiger partial charge in [-0.1, -0.05) is 17.7 Å². The second-order valence-corrected chi connectivity index (χ2v) is 6.11. The van der Waals surface area contributed by atoms with E-state index in [-0.39, 0.29) is 24.4 Å². The van der Waals surface area contributed by atoms with Crippen LogP contribution < -0.4 is 20.7 Å². The highest BCUT2D eigenvalue weighted by Crippen LogP contribution is 2.28. The van der Waals surface area contributed by atoms with Gasteiger partial charge >= 0.3 is 12.4 Å². The maximum atomic E-state index is 12.5. The van der Waals surface area contributed by atoms with Crippen LogP contribution in [0.1, 0.15) is 16.8 Å². The van der Waals surface area contributed by atoms with Gasteiger partial charge in [0.15, 0.2) is 0 Å². The lowest BCUT2D eigenvalue weighted by molar-refractivity contribution is -0.274. The summed E-state index contributed by atoms with van der Waals surface area (Å²) in [6, 6.07) is 8.32. The van der Waals surface area contributed by atoms with Crippen LogP contribution in [0.4, 0.5) is 29.3 Å². The van der Waals surface area contributed by atoms with Crippen molar-refractivity contribution in [1.29, 1.82) is 0 Å². The Morgan fingerprint density at radius 1 is 1.10 bits per heavy atom. The molecule has 0 bridgehead atoms. The van der Waals surface area contributed by atoms with E-state index in [2.05, 4.69) is 20.7 Å². The summed E-state index contributed by atoms with van der Waals surface area (Å²) in [4.78, 5) is 24.5. The monoisotopic (exact) mass is 431 g/mol. The summed E-state index contributed by atoms with van der Waals surface area (Å²) in [7, 11) is 0. The molecular weight excluding hydrogens is 415 g/mol. The van der Waals surface area contributed by atoms with Crippen LogP contribution in [0.25, 0.3) is 0 Å². The molecule has 0 aliphatic heterocycles. The molecule has 156 valence electrons. The third kappa shape index (κ3) is 7.51. The van der Waals surface area contributed by atoms with Crippen molar-refractivity contribution in [3.8, 4) is 5.75 Å². The van der Waals surface area contributed by atoms with Crippen LogP contribution in [0.2, 0.25) is 5.02 Å². The number of aliphatic hydroxyl groups excluding tert-OH is 1. The van der Waals surface area contributed by atoms with E-state index >= 15 is 0 Å². The second-order valence-electron chi connectivity index (χ2n) is 5.68. The lowest BCUT2D eigenvalue weighted by atomic mass is 10.1. The summed E-state index contributed by atoms with van der Waals surface area (Å²) in [6.07, 6.45) is -4.65. The summed E-state index contributed by atoms with van der Waals surface area (Å²) in [5.74, 6) is -1.25. The number of rotatable bonds is 7. The molecule has 0 aromatic heterocycles. The fourth-order valence-electron chi connectivity index (χ4n) is 2.25. The number of amides is 3. The zero-order chi connectivity index (χ0) is 21.4. The van der Waals surface area contributed by atoms with E-state index in [0.29, 0.717) is 17.1 Å². The number of carbonyl (C=O) groups is 2. The molecule has 11 heteroatoms. The van der Waals surface area contributed by atoms with E-state index in [1.165, 1.54) is 6.07 Å². The maximum absolute atomic E-state index is 12.5. The number of hydrogen-bond acceptors (Lipinski definition) is 4. The number of carbonyl (C=O) groups excluding carboxylic acids is 2. The number of aliphatic hydroxyl groups is 1. The Kier molecular flexibility index (Phi) is 7.68. The van der Waals surface area contributed by atoms with Crippen LogP contribution in [0.15, 0.2) is 42.5 Å². The molecule has 0 spiro atoms. The Hall–Kier alpha value is -2.98. The van der Waals surface area contributed by atoms with Crippen molar-refractivity contribution in [2.45, 2.75) is 12.8 Å². The summed E-state index contributed by atoms with van der Waals surface area (Å²) in [5.41, 5.74) is 0.0538. The topological polar surface area (TPSA) is 99.7 Å². The number of ether oxygens (including phenoxy) is 1. The molecule has 0 unspecified atom stereocenters. The lowest BCUT2D eigenvalue weighted by Gasteiger charge is -2.15. The smallest absolute Gasteiger partial charge is 0.406 e. The van der Waals surface area contributed by atoms with E-state index in [4.69, 9.17) is 16.7 Å². The van der Waals surface area contributed by atoms with E-state index in [1.807, 2.05) is 0 Å². The van der Waals surface area contributed by atoms with Gasteiger partial charge in [0.1, 0.15) is 5.75 Å². The minimum absolute atomic E-state index is 0.0845. The first-order chi connectivity index (χ1) is 13.7. The average molecular weight is 432 g/mol. The number of hydrogen-bond donors (Lipinski definition) is 4. The van der Waals surface area contributed by atoms with Gasteiger partial charge in [0.05, 0.1) is 11.3 Å². The lowest BCUT2D eigenvalue weighted by Crippen LogP contribution is -2.28. The number of nitrogens with one attached hydrogen (secondary N) is 3. The number of alkyl halides is 3. The van der Waals surface area contributed by atoms with E-state index in [1.54, 1.807) is 18.2 Å². The summed E-state index contributed by atoms with van der Waals surface area (Å²) in [5, 5.41) is 16.4. The molecule has 0 saturated carbocycles. The van der Waals surface area contributed by atoms with E-state index in [0.717, 1.165) is 18.2 Å². The molecule has 0 radical (unpaired) electrons.